The van der Waals surface area contributed by atoms with Crippen molar-refractivity contribution in [2.45, 2.75) is 37.1 Å². The predicted octanol–water partition coefficient (Wildman–Crippen LogP) is 4.16. The zero-order valence-electron chi connectivity index (χ0n) is 24.6. The Hall–Kier alpha value is -4.71. The summed E-state index contributed by atoms with van der Waals surface area (Å²) in [6.07, 6.45) is 8.41. The van der Waals surface area contributed by atoms with Gasteiger partial charge in [-0.1, -0.05) is 6.58 Å². The van der Waals surface area contributed by atoms with Crippen LogP contribution in [0.25, 0.3) is 0 Å². The van der Waals surface area contributed by atoms with Crippen LogP contribution < -0.4 is 25.2 Å². The Morgan fingerprint density at radius 3 is 2.74 bits per heavy atom. The van der Waals surface area contributed by atoms with Crippen molar-refractivity contribution in [2.24, 2.45) is 0 Å². The molecule has 0 radical (unpaired) electrons. The molecule has 3 aliphatic rings. The Bertz CT molecular complexity index is 1590. The first-order valence-electron chi connectivity index (χ1n) is 14.4. The van der Waals surface area contributed by atoms with Crippen LogP contribution in [0.15, 0.2) is 49.3 Å². The van der Waals surface area contributed by atoms with E-state index >= 15 is 0 Å². The normalized spacial score (nSPS) is 18.1. The number of carboxylic acids is 1. The fourth-order valence-electron chi connectivity index (χ4n) is 6.25. The summed E-state index contributed by atoms with van der Waals surface area (Å²) >= 11 is 0. The molecule has 3 N–H and O–H groups in total. The van der Waals surface area contributed by atoms with E-state index in [-0.39, 0.29) is 28.9 Å². The molecular formula is C31H36N8O4. The molecule has 3 aromatic rings. The van der Waals surface area contributed by atoms with Crippen molar-refractivity contribution in [1.29, 1.82) is 0 Å². The van der Waals surface area contributed by atoms with E-state index in [1.54, 1.807) is 19.4 Å². The maximum absolute atomic E-state index is 12.5. The number of amides is 1. The smallest absolute Gasteiger partial charge is 0.341 e. The number of methoxy groups -OCH3 is 1. The molecule has 1 amide bonds. The number of benzene rings is 1. The van der Waals surface area contributed by atoms with Crippen molar-refractivity contribution in [2.75, 3.05) is 61.3 Å². The first kappa shape index (κ1) is 28.4. The molecule has 1 saturated carbocycles. The van der Waals surface area contributed by atoms with Gasteiger partial charge in [-0.15, -0.1) is 0 Å². The van der Waals surface area contributed by atoms with Crippen LogP contribution in [0, 0.1) is 0 Å². The van der Waals surface area contributed by atoms with Crippen molar-refractivity contribution in [1.82, 2.24) is 19.9 Å². The molecule has 2 fully saturated rings. The van der Waals surface area contributed by atoms with Gasteiger partial charge in [0.2, 0.25) is 11.9 Å². The van der Waals surface area contributed by atoms with Crippen LogP contribution >= 0.6 is 0 Å². The van der Waals surface area contributed by atoms with Gasteiger partial charge in [0.1, 0.15) is 11.3 Å². The molecule has 4 heterocycles. The highest BCUT2D eigenvalue weighted by atomic mass is 16.5. The highest BCUT2D eigenvalue weighted by Crippen LogP contribution is 2.57. The van der Waals surface area contributed by atoms with Gasteiger partial charge in [-0.05, 0) is 64.1 Å². The summed E-state index contributed by atoms with van der Waals surface area (Å²) < 4.78 is 5.79. The molecule has 224 valence electrons. The summed E-state index contributed by atoms with van der Waals surface area (Å²) in [7, 11) is 5.68. The van der Waals surface area contributed by atoms with Gasteiger partial charge in [0.05, 0.1) is 35.6 Å². The minimum atomic E-state index is -1.11. The van der Waals surface area contributed by atoms with E-state index in [2.05, 4.69) is 51.1 Å². The minimum absolute atomic E-state index is 0.000249. The van der Waals surface area contributed by atoms with Gasteiger partial charge in [-0.3, -0.25) is 9.78 Å². The highest BCUT2D eigenvalue weighted by Gasteiger charge is 2.54. The molecule has 1 spiro atoms. The van der Waals surface area contributed by atoms with Crippen LogP contribution in [0.3, 0.4) is 0 Å². The number of ether oxygens (including phenoxy) is 1. The second-order valence-electron chi connectivity index (χ2n) is 11.6. The molecule has 1 aromatic carbocycles. The molecule has 12 heteroatoms. The van der Waals surface area contributed by atoms with Gasteiger partial charge in [0.15, 0.2) is 5.82 Å². The van der Waals surface area contributed by atoms with Crippen molar-refractivity contribution < 1.29 is 19.4 Å². The number of anilines is 6. The predicted molar refractivity (Wildman–Crippen MR) is 165 cm³/mol. The third-order valence-corrected chi connectivity index (χ3v) is 8.42. The van der Waals surface area contributed by atoms with E-state index < -0.39 is 5.97 Å². The van der Waals surface area contributed by atoms with E-state index in [9.17, 15) is 14.7 Å². The monoisotopic (exact) mass is 584 g/mol. The largest absolute Gasteiger partial charge is 0.494 e. The van der Waals surface area contributed by atoms with E-state index in [1.165, 1.54) is 12.3 Å². The third-order valence-electron chi connectivity index (χ3n) is 8.42. The van der Waals surface area contributed by atoms with Crippen LogP contribution in [0.1, 0.15) is 41.7 Å². The zero-order valence-corrected chi connectivity index (χ0v) is 24.6. The topological polar surface area (TPSA) is 136 Å². The molecule has 0 bridgehead atoms. The van der Waals surface area contributed by atoms with Gasteiger partial charge in [0, 0.05) is 49.6 Å². The Balaban J connectivity index is 1.38. The van der Waals surface area contributed by atoms with E-state index in [1.807, 2.05) is 23.1 Å². The SMILES string of the molecule is C=CC(=O)Nc1cc(Nc2ncc(C(=O)O)c(N3CC4(CC4)c4ncccc43)n2)c(OC)cc1N1CCC[C@@H]1CN(C)C. The second-order valence-corrected chi connectivity index (χ2v) is 11.6. The average Bonchev–Trinajstić information content (AvgIpc) is 3.52. The lowest BCUT2D eigenvalue weighted by atomic mass is 10.1. The number of rotatable bonds is 10. The van der Waals surface area contributed by atoms with Crippen molar-refractivity contribution >= 4 is 46.4 Å². The number of hydrogen-bond donors (Lipinski definition) is 3. The summed E-state index contributed by atoms with van der Waals surface area (Å²) in [4.78, 5) is 44.8. The standard InChI is InChI=1S/C31H36N8O4/c1-5-26(40)34-21-14-22(25(43-4)15-24(21)38-13-7-8-19(38)17-37(2)3)35-30-33-16-20(29(41)42)28(36-30)39-18-31(10-11-31)27-23(39)9-6-12-32-27/h5-6,9,12,14-16,19H,1,7-8,10-11,13,17-18H2,2-4H3,(H,34,40)(H,41,42)(H,33,35,36)/t19-/m1/s1. The first-order valence-corrected chi connectivity index (χ1v) is 14.4. The molecule has 6 rings (SSSR count). The fourth-order valence-corrected chi connectivity index (χ4v) is 6.25. The third kappa shape index (κ3) is 5.34. The number of carbonyl (C=O) groups excluding carboxylic acids is 1. The Labute approximate surface area is 250 Å². The molecular weight excluding hydrogens is 548 g/mol. The Kier molecular flexibility index (Phi) is 7.38. The maximum Gasteiger partial charge on any atom is 0.341 e. The van der Waals surface area contributed by atoms with E-state index in [4.69, 9.17) is 9.72 Å². The van der Waals surface area contributed by atoms with Crippen molar-refractivity contribution in [3.63, 3.8) is 0 Å². The number of nitrogens with one attached hydrogen (secondary N) is 2. The molecule has 12 nitrogen and oxygen atoms in total. The lowest BCUT2D eigenvalue weighted by Crippen LogP contribution is -2.38. The maximum atomic E-state index is 12.5. The minimum Gasteiger partial charge on any atom is -0.494 e. The average molecular weight is 585 g/mol. The van der Waals surface area contributed by atoms with Crippen molar-refractivity contribution in [3.8, 4) is 5.75 Å². The summed E-state index contributed by atoms with van der Waals surface area (Å²) in [5, 5.41) is 16.2. The zero-order chi connectivity index (χ0) is 30.3. The summed E-state index contributed by atoms with van der Waals surface area (Å²) in [5.74, 6) is -0.427. The molecule has 2 aromatic heterocycles. The highest BCUT2D eigenvalue weighted by molar-refractivity contribution is 6.02. The van der Waals surface area contributed by atoms with Gasteiger partial charge in [-0.2, -0.15) is 4.98 Å². The Morgan fingerprint density at radius 1 is 1.23 bits per heavy atom. The molecule has 43 heavy (non-hydrogen) atoms. The van der Waals surface area contributed by atoms with E-state index in [0.717, 1.165) is 55.8 Å². The number of hydrogen-bond acceptors (Lipinski definition) is 10. The summed E-state index contributed by atoms with van der Waals surface area (Å²) in [6.45, 7) is 5.94. The Morgan fingerprint density at radius 2 is 2.05 bits per heavy atom. The van der Waals surface area contributed by atoms with Crippen LogP contribution in [-0.4, -0.2) is 83.7 Å². The number of carbonyl (C=O) groups is 2. The number of aromatic nitrogens is 3. The molecule has 1 atom stereocenters. The molecule has 1 saturated heterocycles. The number of likely N-dealkylation sites (N-methyl/N-ethyl adjacent to an activating group) is 1. The first-order chi connectivity index (χ1) is 20.7. The number of aromatic carboxylic acids is 1. The van der Waals surface area contributed by atoms with Crippen LogP contribution in [-0.2, 0) is 10.2 Å². The van der Waals surface area contributed by atoms with Crippen LogP contribution in [0.5, 0.6) is 5.75 Å². The van der Waals surface area contributed by atoms with Gasteiger partial charge < -0.3 is 35.2 Å². The van der Waals surface area contributed by atoms with Gasteiger partial charge in [-0.25, -0.2) is 9.78 Å². The number of pyridine rings is 1. The number of carboxylic acid groups (broad SMARTS) is 1. The van der Waals surface area contributed by atoms with Gasteiger partial charge >= 0.3 is 5.97 Å². The number of fused-ring (bicyclic) bond motifs is 2. The molecule has 2 aliphatic heterocycles. The number of nitrogens with zero attached hydrogens (tertiary/aromatic N) is 6. The lowest BCUT2D eigenvalue weighted by molar-refractivity contribution is -0.111. The second kappa shape index (κ2) is 11.2. The summed E-state index contributed by atoms with van der Waals surface area (Å²) in [5.41, 5.74) is 3.74. The fraction of sp³-hybridized carbons (Fsp3) is 0.387. The van der Waals surface area contributed by atoms with Crippen LogP contribution in [0.2, 0.25) is 0 Å². The molecule has 1 aliphatic carbocycles. The van der Waals surface area contributed by atoms with Gasteiger partial charge in [0.25, 0.3) is 0 Å². The quantitative estimate of drug-likeness (QED) is 0.296. The molecule has 0 unspecified atom stereocenters. The summed E-state index contributed by atoms with van der Waals surface area (Å²) in [6, 6.07) is 7.78. The van der Waals surface area contributed by atoms with E-state index in [0.29, 0.717) is 29.5 Å². The lowest BCUT2D eigenvalue weighted by Gasteiger charge is -2.31. The van der Waals surface area contributed by atoms with Crippen molar-refractivity contribution in [3.05, 3.63) is 60.6 Å². The van der Waals surface area contributed by atoms with Crippen LogP contribution in [0.4, 0.5) is 34.5 Å².